The van der Waals surface area contributed by atoms with Gasteiger partial charge in [-0.2, -0.15) is 5.10 Å². The molecule has 0 bridgehead atoms. The van der Waals surface area contributed by atoms with Crippen molar-refractivity contribution in [1.82, 2.24) is 15.5 Å². The van der Waals surface area contributed by atoms with E-state index in [1.165, 1.54) is 12.8 Å². The molecule has 5 heteroatoms. The van der Waals surface area contributed by atoms with E-state index in [1.54, 1.807) is 0 Å². The van der Waals surface area contributed by atoms with Crippen molar-refractivity contribution in [3.8, 4) is 0 Å². The topological polar surface area (TPSA) is 50.3 Å². The molecule has 3 rings (SSSR count). The molecule has 0 spiro atoms. The molecule has 0 unspecified atom stereocenters. The zero-order valence-corrected chi connectivity index (χ0v) is 9.93. The molecule has 1 aromatic heterocycles. The number of nitrogens with zero attached hydrogens (tertiary/aromatic N) is 3. The molecule has 1 aliphatic heterocycles. The highest BCUT2D eigenvalue weighted by Crippen LogP contribution is 2.19. The molecular formula is C12H18N4O. The van der Waals surface area contributed by atoms with Gasteiger partial charge in [0.15, 0.2) is 5.82 Å². The minimum Gasteiger partial charge on any atom is -0.378 e. The van der Waals surface area contributed by atoms with Crippen LogP contribution in [-0.4, -0.2) is 42.5 Å². The van der Waals surface area contributed by atoms with Crippen LogP contribution in [0.5, 0.6) is 0 Å². The number of nitrogens with one attached hydrogen (secondary N) is 1. The Bertz CT molecular complexity index is 357. The van der Waals surface area contributed by atoms with Crippen LogP contribution in [0.2, 0.25) is 0 Å². The molecule has 2 fully saturated rings. The summed E-state index contributed by atoms with van der Waals surface area (Å²) in [5.41, 5.74) is 1.02. The van der Waals surface area contributed by atoms with Crippen LogP contribution in [0.1, 0.15) is 18.5 Å². The molecule has 1 saturated carbocycles. The zero-order valence-electron chi connectivity index (χ0n) is 9.93. The molecular weight excluding hydrogens is 216 g/mol. The predicted molar refractivity (Wildman–Crippen MR) is 64.9 cm³/mol. The summed E-state index contributed by atoms with van der Waals surface area (Å²) in [5.74, 6) is 0.962. The molecule has 1 saturated heterocycles. The van der Waals surface area contributed by atoms with Gasteiger partial charge >= 0.3 is 0 Å². The Hall–Kier alpha value is -1.20. The fourth-order valence-corrected chi connectivity index (χ4v) is 1.94. The van der Waals surface area contributed by atoms with E-state index in [4.69, 9.17) is 4.74 Å². The summed E-state index contributed by atoms with van der Waals surface area (Å²) in [4.78, 5) is 2.22. The Labute approximate surface area is 101 Å². The second-order valence-corrected chi connectivity index (χ2v) is 4.64. The molecule has 92 valence electrons. The maximum absolute atomic E-state index is 5.32. The van der Waals surface area contributed by atoms with Gasteiger partial charge in [-0.3, -0.25) is 0 Å². The second-order valence-electron chi connectivity index (χ2n) is 4.64. The molecule has 2 heterocycles. The average Bonchev–Trinajstić information content (AvgIpc) is 3.22. The summed E-state index contributed by atoms with van der Waals surface area (Å²) in [6.07, 6.45) is 2.61. The maximum Gasteiger partial charge on any atom is 0.151 e. The van der Waals surface area contributed by atoms with Gasteiger partial charge in [0.05, 0.1) is 18.9 Å². The highest BCUT2D eigenvalue weighted by atomic mass is 16.5. The fraction of sp³-hybridized carbons (Fsp3) is 0.667. The van der Waals surface area contributed by atoms with Crippen molar-refractivity contribution in [2.45, 2.75) is 25.4 Å². The molecule has 0 amide bonds. The summed E-state index contributed by atoms with van der Waals surface area (Å²) in [7, 11) is 0. The highest BCUT2D eigenvalue weighted by molar-refractivity contribution is 5.37. The van der Waals surface area contributed by atoms with Crippen LogP contribution in [0.15, 0.2) is 12.1 Å². The average molecular weight is 234 g/mol. The molecule has 0 aromatic carbocycles. The van der Waals surface area contributed by atoms with Crippen LogP contribution < -0.4 is 10.2 Å². The number of hydrogen-bond donors (Lipinski definition) is 1. The lowest BCUT2D eigenvalue weighted by Crippen LogP contribution is -2.36. The summed E-state index contributed by atoms with van der Waals surface area (Å²) < 4.78 is 5.32. The second kappa shape index (κ2) is 4.98. The van der Waals surface area contributed by atoms with Crippen LogP contribution in [0, 0.1) is 0 Å². The molecule has 2 aliphatic rings. The third-order valence-corrected chi connectivity index (χ3v) is 3.19. The van der Waals surface area contributed by atoms with Gasteiger partial charge in [0.1, 0.15) is 0 Å². The summed E-state index contributed by atoms with van der Waals surface area (Å²) in [5, 5.41) is 12.0. The van der Waals surface area contributed by atoms with Gasteiger partial charge in [-0.05, 0) is 25.0 Å². The van der Waals surface area contributed by atoms with Gasteiger partial charge in [0.25, 0.3) is 0 Å². The first-order valence-corrected chi connectivity index (χ1v) is 6.30. The van der Waals surface area contributed by atoms with Crippen LogP contribution in [0.3, 0.4) is 0 Å². The Morgan fingerprint density at radius 1 is 1.24 bits per heavy atom. The van der Waals surface area contributed by atoms with Crippen molar-refractivity contribution in [2.24, 2.45) is 0 Å². The first kappa shape index (κ1) is 10.9. The third kappa shape index (κ3) is 2.92. The minimum atomic E-state index is 0.718. The number of aromatic nitrogens is 2. The molecule has 17 heavy (non-hydrogen) atoms. The largest absolute Gasteiger partial charge is 0.378 e. The van der Waals surface area contributed by atoms with E-state index in [1.807, 2.05) is 0 Å². The fourth-order valence-electron chi connectivity index (χ4n) is 1.94. The summed E-state index contributed by atoms with van der Waals surface area (Å²) in [6, 6.07) is 4.84. The number of hydrogen-bond acceptors (Lipinski definition) is 5. The van der Waals surface area contributed by atoms with E-state index >= 15 is 0 Å². The number of rotatable bonds is 4. The molecule has 1 N–H and O–H groups in total. The monoisotopic (exact) mass is 234 g/mol. The quantitative estimate of drug-likeness (QED) is 0.825. The lowest BCUT2D eigenvalue weighted by atomic mass is 10.3. The Morgan fingerprint density at radius 3 is 2.71 bits per heavy atom. The Morgan fingerprint density at radius 2 is 2.06 bits per heavy atom. The molecule has 5 nitrogen and oxygen atoms in total. The Balaban J connectivity index is 1.58. The normalized spacial score (nSPS) is 20.6. The predicted octanol–water partition coefficient (Wildman–Crippen LogP) is 0.565. The zero-order chi connectivity index (χ0) is 11.5. The smallest absolute Gasteiger partial charge is 0.151 e. The number of anilines is 1. The molecule has 0 atom stereocenters. The molecule has 1 aromatic rings. The Kier molecular flexibility index (Phi) is 3.20. The van der Waals surface area contributed by atoms with Gasteiger partial charge in [-0.1, -0.05) is 0 Å². The SMILES string of the molecule is c1cc(N2CCOCC2)nnc1CNC1CC1. The van der Waals surface area contributed by atoms with Crippen LogP contribution >= 0.6 is 0 Å². The van der Waals surface area contributed by atoms with Crippen molar-refractivity contribution in [2.75, 3.05) is 31.2 Å². The van der Waals surface area contributed by atoms with Crippen LogP contribution in [0.25, 0.3) is 0 Å². The number of ether oxygens (including phenoxy) is 1. The molecule has 0 radical (unpaired) electrons. The van der Waals surface area contributed by atoms with Gasteiger partial charge in [-0.15, -0.1) is 5.10 Å². The third-order valence-electron chi connectivity index (χ3n) is 3.19. The first-order chi connectivity index (χ1) is 8.42. The van der Waals surface area contributed by atoms with E-state index in [-0.39, 0.29) is 0 Å². The first-order valence-electron chi connectivity index (χ1n) is 6.30. The minimum absolute atomic E-state index is 0.718. The highest BCUT2D eigenvalue weighted by Gasteiger charge is 2.20. The lowest BCUT2D eigenvalue weighted by Gasteiger charge is -2.27. The van der Waals surface area contributed by atoms with E-state index in [2.05, 4.69) is 32.5 Å². The van der Waals surface area contributed by atoms with Crippen molar-refractivity contribution < 1.29 is 4.74 Å². The van der Waals surface area contributed by atoms with Crippen molar-refractivity contribution in [3.63, 3.8) is 0 Å². The summed E-state index contributed by atoms with van der Waals surface area (Å²) >= 11 is 0. The van der Waals surface area contributed by atoms with Gasteiger partial charge in [0, 0.05) is 25.7 Å². The standard InChI is InChI=1S/C12H18N4O/c1-2-10(1)13-9-11-3-4-12(15-14-11)16-5-7-17-8-6-16/h3-4,10,13H,1-2,5-9H2. The lowest BCUT2D eigenvalue weighted by molar-refractivity contribution is 0.122. The van der Waals surface area contributed by atoms with E-state index in [0.717, 1.165) is 50.4 Å². The van der Waals surface area contributed by atoms with Gasteiger partial charge in [-0.25, -0.2) is 0 Å². The van der Waals surface area contributed by atoms with Crippen molar-refractivity contribution >= 4 is 5.82 Å². The van der Waals surface area contributed by atoms with Crippen LogP contribution in [-0.2, 0) is 11.3 Å². The van der Waals surface area contributed by atoms with Crippen LogP contribution in [0.4, 0.5) is 5.82 Å². The van der Waals surface area contributed by atoms with Crippen molar-refractivity contribution in [3.05, 3.63) is 17.8 Å². The van der Waals surface area contributed by atoms with Gasteiger partial charge < -0.3 is 15.0 Å². The molecule has 1 aliphatic carbocycles. The summed E-state index contributed by atoms with van der Waals surface area (Å²) in [6.45, 7) is 4.23. The van der Waals surface area contributed by atoms with Crippen molar-refractivity contribution in [1.29, 1.82) is 0 Å². The number of morpholine rings is 1. The van der Waals surface area contributed by atoms with Gasteiger partial charge in [0.2, 0.25) is 0 Å². The van der Waals surface area contributed by atoms with E-state index in [0.29, 0.717) is 0 Å². The van der Waals surface area contributed by atoms with E-state index in [9.17, 15) is 0 Å². The van der Waals surface area contributed by atoms with E-state index < -0.39 is 0 Å². The maximum atomic E-state index is 5.32.